The SMILES string of the molecule is Bc1cnc(C(C)(C)C)c(C)c1C. The number of nitrogens with zero attached hydrogens (tertiary/aromatic N) is 1. The van der Waals surface area contributed by atoms with E-state index >= 15 is 0 Å². The Morgan fingerprint density at radius 1 is 1.15 bits per heavy atom. The maximum Gasteiger partial charge on any atom is 0.141 e. The predicted molar refractivity (Wildman–Crippen MR) is 60.6 cm³/mol. The number of aromatic nitrogens is 1. The molecule has 2 heteroatoms. The van der Waals surface area contributed by atoms with E-state index in [2.05, 4.69) is 47.4 Å². The summed E-state index contributed by atoms with van der Waals surface area (Å²) in [6.45, 7) is 10.9. The smallest absolute Gasteiger partial charge is 0.141 e. The van der Waals surface area contributed by atoms with Crippen LogP contribution in [0.2, 0.25) is 0 Å². The van der Waals surface area contributed by atoms with E-state index in [1.54, 1.807) is 0 Å². The van der Waals surface area contributed by atoms with Gasteiger partial charge in [-0.2, -0.15) is 0 Å². The van der Waals surface area contributed by atoms with Crippen molar-refractivity contribution in [3.8, 4) is 0 Å². The van der Waals surface area contributed by atoms with Crippen LogP contribution in [0.15, 0.2) is 6.20 Å². The first-order valence-electron chi connectivity index (χ1n) is 4.77. The van der Waals surface area contributed by atoms with Gasteiger partial charge in [-0.3, -0.25) is 4.98 Å². The van der Waals surface area contributed by atoms with Crippen molar-refractivity contribution in [2.75, 3.05) is 0 Å². The lowest BCUT2D eigenvalue weighted by Crippen LogP contribution is -2.21. The molecule has 1 aromatic heterocycles. The first kappa shape index (κ1) is 10.3. The Balaban J connectivity index is 3.35. The molecule has 0 amide bonds. The molecule has 1 aromatic rings. The molecule has 0 aliphatic rings. The van der Waals surface area contributed by atoms with Crippen LogP contribution in [0, 0.1) is 13.8 Å². The van der Waals surface area contributed by atoms with Crippen LogP contribution >= 0.6 is 0 Å². The molecule has 70 valence electrons. The molecule has 0 aromatic carbocycles. The fraction of sp³-hybridized carbons (Fsp3) is 0.545. The largest absolute Gasteiger partial charge is 0.261 e. The van der Waals surface area contributed by atoms with Gasteiger partial charge in [0.05, 0.1) is 0 Å². The van der Waals surface area contributed by atoms with Crippen molar-refractivity contribution in [2.45, 2.75) is 40.0 Å². The summed E-state index contributed by atoms with van der Waals surface area (Å²) < 4.78 is 0. The first-order valence-corrected chi connectivity index (χ1v) is 4.77. The maximum absolute atomic E-state index is 4.51. The highest BCUT2D eigenvalue weighted by Gasteiger charge is 2.18. The van der Waals surface area contributed by atoms with Crippen LogP contribution in [-0.4, -0.2) is 12.8 Å². The van der Waals surface area contributed by atoms with E-state index in [0.29, 0.717) is 0 Å². The Kier molecular flexibility index (Phi) is 2.51. The van der Waals surface area contributed by atoms with E-state index in [4.69, 9.17) is 0 Å². The molecule has 0 spiro atoms. The van der Waals surface area contributed by atoms with Crippen molar-refractivity contribution < 1.29 is 0 Å². The Labute approximate surface area is 82.0 Å². The van der Waals surface area contributed by atoms with Crippen LogP contribution in [0.25, 0.3) is 0 Å². The van der Waals surface area contributed by atoms with Crippen molar-refractivity contribution in [3.05, 3.63) is 23.0 Å². The fourth-order valence-electron chi connectivity index (χ4n) is 1.58. The highest BCUT2D eigenvalue weighted by atomic mass is 14.7. The Morgan fingerprint density at radius 3 is 2.15 bits per heavy atom. The number of rotatable bonds is 0. The minimum Gasteiger partial charge on any atom is -0.261 e. The number of hydrogen-bond acceptors (Lipinski definition) is 1. The van der Waals surface area contributed by atoms with E-state index in [0.717, 1.165) is 0 Å². The highest BCUT2D eigenvalue weighted by molar-refractivity contribution is 6.33. The summed E-state index contributed by atoms with van der Waals surface area (Å²) in [5.41, 5.74) is 5.37. The maximum atomic E-state index is 4.51. The third kappa shape index (κ3) is 1.93. The molecule has 0 unspecified atom stereocenters. The zero-order valence-electron chi connectivity index (χ0n) is 9.52. The molecular weight excluding hydrogens is 157 g/mol. The Bertz CT molecular complexity index is 324. The van der Waals surface area contributed by atoms with Gasteiger partial charge in [0.1, 0.15) is 7.85 Å². The lowest BCUT2D eigenvalue weighted by atomic mass is 9.83. The van der Waals surface area contributed by atoms with Gasteiger partial charge in [-0.25, -0.2) is 0 Å². The Hall–Kier alpha value is -0.785. The zero-order chi connectivity index (χ0) is 10.2. The van der Waals surface area contributed by atoms with E-state index in [-0.39, 0.29) is 5.41 Å². The summed E-state index contributed by atoms with van der Waals surface area (Å²) in [7, 11) is 2.11. The third-order valence-electron chi connectivity index (χ3n) is 2.61. The van der Waals surface area contributed by atoms with Gasteiger partial charge < -0.3 is 0 Å². The van der Waals surface area contributed by atoms with Crippen LogP contribution in [0.3, 0.4) is 0 Å². The van der Waals surface area contributed by atoms with Gasteiger partial charge in [0, 0.05) is 17.3 Å². The number of pyridine rings is 1. The molecule has 0 fully saturated rings. The van der Waals surface area contributed by atoms with Gasteiger partial charge in [0.15, 0.2) is 0 Å². The van der Waals surface area contributed by atoms with Crippen LogP contribution in [0.4, 0.5) is 0 Å². The molecular formula is C11H18BN. The zero-order valence-corrected chi connectivity index (χ0v) is 9.52. The summed E-state index contributed by atoms with van der Waals surface area (Å²) >= 11 is 0. The van der Waals surface area contributed by atoms with Gasteiger partial charge in [0.25, 0.3) is 0 Å². The van der Waals surface area contributed by atoms with Gasteiger partial charge in [-0.15, -0.1) is 0 Å². The lowest BCUT2D eigenvalue weighted by molar-refractivity contribution is 0.564. The standard InChI is InChI=1S/C11H18BN/c1-7-8(2)10(11(3,4)5)13-6-9(7)12/h6H,12H2,1-5H3. The minimum absolute atomic E-state index is 0.155. The summed E-state index contributed by atoms with van der Waals surface area (Å²) in [5, 5.41) is 0. The normalized spacial score (nSPS) is 11.8. The number of hydrogen-bond donors (Lipinski definition) is 0. The summed E-state index contributed by atoms with van der Waals surface area (Å²) in [5.74, 6) is 0. The highest BCUT2D eigenvalue weighted by Crippen LogP contribution is 2.23. The van der Waals surface area contributed by atoms with Gasteiger partial charge in [-0.1, -0.05) is 31.8 Å². The molecule has 0 bridgehead atoms. The molecule has 0 aliphatic carbocycles. The van der Waals surface area contributed by atoms with Crippen LogP contribution in [0.1, 0.15) is 37.6 Å². The lowest BCUT2D eigenvalue weighted by Gasteiger charge is -2.22. The molecule has 1 rings (SSSR count). The fourth-order valence-corrected chi connectivity index (χ4v) is 1.58. The minimum atomic E-state index is 0.155. The van der Waals surface area contributed by atoms with E-state index < -0.39 is 0 Å². The predicted octanol–water partition coefficient (Wildman–Crippen LogP) is 1.25. The third-order valence-corrected chi connectivity index (χ3v) is 2.61. The molecule has 0 N–H and O–H groups in total. The molecule has 1 heterocycles. The molecule has 0 aliphatic heterocycles. The molecule has 13 heavy (non-hydrogen) atoms. The summed E-state index contributed by atoms with van der Waals surface area (Å²) in [6, 6.07) is 0. The topological polar surface area (TPSA) is 12.9 Å². The monoisotopic (exact) mass is 175 g/mol. The van der Waals surface area contributed by atoms with Crippen molar-refractivity contribution >= 4 is 13.3 Å². The molecule has 0 saturated carbocycles. The molecule has 0 radical (unpaired) electrons. The van der Waals surface area contributed by atoms with Gasteiger partial charge >= 0.3 is 0 Å². The second-order valence-electron chi connectivity index (χ2n) is 4.79. The second-order valence-corrected chi connectivity index (χ2v) is 4.79. The quantitative estimate of drug-likeness (QED) is 0.541. The first-order chi connectivity index (χ1) is 5.84. The van der Waals surface area contributed by atoms with E-state index in [9.17, 15) is 0 Å². The summed E-state index contributed by atoms with van der Waals surface area (Å²) in [4.78, 5) is 4.51. The molecule has 0 saturated heterocycles. The average molecular weight is 175 g/mol. The Morgan fingerprint density at radius 2 is 1.69 bits per heavy atom. The van der Waals surface area contributed by atoms with Crippen molar-refractivity contribution in [3.63, 3.8) is 0 Å². The molecule has 0 atom stereocenters. The van der Waals surface area contributed by atoms with Gasteiger partial charge in [-0.05, 0) is 19.4 Å². The molecule has 1 nitrogen and oxygen atoms in total. The van der Waals surface area contributed by atoms with Crippen molar-refractivity contribution in [2.24, 2.45) is 0 Å². The van der Waals surface area contributed by atoms with Crippen molar-refractivity contribution in [1.82, 2.24) is 4.98 Å². The average Bonchev–Trinajstić information content (AvgIpc) is 1.98. The van der Waals surface area contributed by atoms with Crippen LogP contribution < -0.4 is 5.46 Å². The van der Waals surface area contributed by atoms with E-state index in [1.165, 1.54) is 22.3 Å². The van der Waals surface area contributed by atoms with Crippen LogP contribution in [0.5, 0.6) is 0 Å². The van der Waals surface area contributed by atoms with Crippen molar-refractivity contribution in [1.29, 1.82) is 0 Å². The summed E-state index contributed by atoms with van der Waals surface area (Å²) in [6.07, 6.45) is 1.98. The van der Waals surface area contributed by atoms with E-state index in [1.807, 2.05) is 6.20 Å². The second kappa shape index (κ2) is 3.17. The van der Waals surface area contributed by atoms with Gasteiger partial charge in [0.2, 0.25) is 0 Å². The van der Waals surface area contributed by atoms with Crippen LogP contribution in [-0.2, 0) is 5.41 Å².